The van der Waals surface area contributed by atoms with E-state index >= 15 is 0 Å². The second-order valence-electron chi connectivity index (χ2n) is 8.02. The standard InChI is InChI=1S/C25H36N2O4/c1-29-23-12-11-21(24(30-2)25(23)31-3)18-26-15-16-27(22(19-26)13-17-28)14-7-10-20-8-5-4-6-9-20/h4-6,8-9,11-12,22,28H,7,10,13-19H2,1-3H3. The molecule has 3 rings (SSSR count). The third-order valence-corrected chi connectivity index (χ3v) is 6.08. The van der Waals surface area contributed by atoms with Crippen molar-refractivity contribution in [3.8, 4) is 17.2 Å². The van der Waals surface area contributed by atoms with Crippen LogP contribution in [0.3, 0.4) is 0 Å². The predicted octanol–water partition coefficient (Wildman–Crippen LogP) is 3.21. The average Bonchev–Trinajstić information content (AvgIpc) is 2.81. The largest absolute Gasteiger partial charge is 0.493 e. The maximum Gasteiger partial charge on any atom is 0.203 e. The lowest BCUT2D eigenvalue weighted by Crippen LogP contribution is -2.53. The van der Waals surface area contributed by atoms with Gasteiger partial charge in [-0.25, -0.2) is 0 Å². The minimum absolute atomic E-state index is 0.216. The molecule has 1 aliphatic rings. The predicted molar refractivity (Wildman–Crippen MR) is 123 cm³/mol. The van der Waals surface area contributed by atoms with Crippen LogP contribution in [-0.4, -0.2) is 75.1 Å². The number of aliphatic hydroxyl groups is 1. The van der Waals surface area contributed by atoms with Gasteiger partial charge in [0.15, 0.2) is 11.5 Å². The van der Waals surface area contributed by atoms with Gasteiger partial charge in [-0.1, -0.05) is 36.4 Å². The van der Waals surface area contributed by atoms with E-state index in [2.05, 4.69) is 40.1 Å². The highest BCUT2D eigenvalue weighted by molar-refractivity contribution is 5.55. The third kappa shape index (κ3) is 6.12. The molecule has 1 unspecified atom stereocenters. The Morgan fingerprint density at radius 2 is 1.71 bits per heavy atom. The zero-order valence-electron chi connectivity index (χ0n) is 19.0. The lowest BCUT2D eigenvalue weighted by Gasteiger charge is -2.41. The Hall–Kier alpha value is -2.28. The lowest BCUT2D eigenvalue weighted by atomic mass is 10.0. The molecule has 0 saturated carbocycles. The summed E-state index contributed by atoms with van der Waals surface area (Å²) < 4.78 is 16.6. The summed E-state index contributed by atoms with van der Waals surface area (Å²) in [5, 5.41) is 9.63. The van der Waals surface area contributed by atoms with Gasteiger partial charge in [0.2, 0.25) is 5.75 Å². The van der Waals surface area contributed by atoms with Crippen molar-refractivity contribution < 1.29 is 19.3 Å². The van der Waals surface area contributed by atoms with Gasteiger partial charge in [-0.15, -0.1) is 0 Å². The first kappa shape index (κ1) is 23.4. The van der Waals surface area contributed by atoms with Crippen LogP contribution < -0.4 is 14.2 Å². The smallest absolute Gasteiger partial charge is 0.203 e. The van der Waals surface area contributed by atoms with E-state index in [-0.39, 0.29) is 6.61 Å². The van der Waals surface area contributed by atoms with E-state index < -0.39 is 0 Å². The molecule has 6 nitrogen and oxygen atoms in total. The average molecular weight is 429 g/mol. The summed E-state index contributed by atoms with van der Waals surface area (Å²) in [4.78, 5) is 4.99. The summed E-state index contributed by atoms with van der Waals surface area (Å²) in [7, 11) is 4.93. The molecule has 1 saturated heterocycles. The van der Waals surface area contributed by atoms with Gasteiger partial charge in [-0.05, 0) is 37.4 Å². The summed E-state index contributed by atoms with van der Waals surface area (Å²) in [5.41, 5.74) is 2.47. The van der Waals surface area contributed by atoms with E-state index in [9.17, 15) is 5.11 Å². The topological polar surface area (TPSA) is 54.4 Å². The van der Waals surface area contributed by atoms with Crippen LogP contribution in [0.25, 0.3) is 0 Å². The van der Waals surface area contributed by atoms with Gasteiger partial charge < -0.3 is 19.3 Å². The molecule has 1 aliphatic heterocycles. The molecular formula is C25H36N2O4. The zero-order chi connectivity index (χ0) is 22.1. The maximum absolute atomic E-state index is 9.63. The van der Waals surface area contributed by atoms with Gasteiger partial charge in [0, 0.05) is 44.4 Å². The van der Waals surface area contributed by atoms with E-state index in [1.54, 1.807) is 21.3 Å². The molecule has 1 N–H and O–H groups in total. The molecule has 1 heterocycles. The normalized spacial score (nSPS) is 17.5. The molecular weight excluding hydrogens is 392 g/mol. The lowest BCUT2D eigenvalue weighted by molar-refractivity contribution is 0.0542. The van der Waals surface area contributed by atoms with Crippen LogP contribution in [0.5, 0.6) is 17.2 Å². The number of methoxy groups -OCH3 is 3. The molecule has 170 valence electrons. The van der Waals surface area contributed by atoms with Gasteiger partial charge >= 0.3 is 0 Å². The van der Waals surface area contributed by atoms with E-state index in [1.165, 1.54) is 5.56 Å². The maximum atomic E-state index is 9.63. The molecule has 0 aromatic heterocycles. The number of aliphatic hydroxyl groups excluding tert-OH is 1. The van der Waals surface area contributed by atoms with Crippen molar-refractivity contribution in [1.82, 2.24) is 9.80 Å². The first-order chi connectivity index (χ1) is 15.2. The minimum Gasteiger partial charge on any atom is -0.493 e. The van der Waals surface area contributed by atoms with E-state index in [4.69, 9.17) is 14.2 Å². The molecule has 0 aliphatic carbocycles. The minimum atomic E-state index is 0.216. The Balaban J connectivity index is 1.61. The molecule has 1 fully saturated rings. The van der Waals surface area contributed by atoms with Crippen LogP contribution in [-0.2, 0) is 13.0 Å². The fraction of sp³-hybridized carbons (Fsp3) is 0.520. The van der Waals surface area contributed by atoms with Crippen molar-refractivity contribution in [3.63, 3.8) is 0 Å². The Morgan fingerprint density at radius 1 is 0.935 bits per heavy atom. The van der Waals surface area contributed by atoms with Crippen LogP contribution in [0.1, 0.15) is 24.0 Å². The summed E-state index contributed by atoms with van der Waals surface area (Å²) in [6.07, 6.45) is 3.02. The first-order valence-electron chi connectivity index (χ1n) is 11.1. The van der Waals surface area contributed by atoms with Crippen molar-refractivity contribution >= 4 is 0 Å². The van der Waals surface area contributed by atoms with E-state index in [0.29, 0.717) is 17.5 Å². The van der Waals surface area contributed by atoms with Crippen molar-refractivity contribution in [2.24, 2.45) is 0 Å². The third-order valence-electron chi connectivity index (χ3n) is 6.08. The molecule has 31 heavy (non-hydrogen) atoms. The molecule has 0 radical (unpaired) electrons. The first-order valence-corrected chi connectivity index (χ1v) is 11.1. The van der Waals surface area contributed by atoms with Crippen LogP contribution >= 0.6 is 0 Å². The van der Waals surface area contributed by atoms with Crippen LogP contribution in [0.15, 0.2) is 42.5 Å². The highest BCUT2D eigenvalue weighted by Gasteiger charge is 2.27. The molecule has 2 aromatic carbocycles. The Morgan fingerprint density at radius 3 is 2.39 bits per heavy atom. The van der Waals surface area contributed by atoms with Crippen LogP contribution in [0.2, 0.25) is 0 Å². The van der Waals surface area contributed by atoms with Crippen molar-refractivity contribution in [2.75, 3.05) is 54.1 Å². The number of nitrogens with zero attached hydrogens (tertiary/aromatic N) is 2. The van der Waals surface area contributed by atoms with E-state index in [1.807, 2.05) is 12.1 Å². The molecule has 6 heteroatoms. The van der Waals surface area contributed by atoms with Gasteiger partial charge in [-0.3, -0.25) is 9.80 Å². The number of hydrogen-bond acceptors (Lipinski definition) is 6. The van der Waals surface area contributed by atoms with Gasteiger partial charge in [0.25, 0.3) is 0 Å². The summed E-state index contributed by atoms with van der Waals surface area (Å²) in [5.74, 6) is 2.03. The monoisotopic (exact) mass is 428 g/mol. The summed E-state index contributed by atoms with van der Waals surface area (Å²) in [6.45, 7) is 4.99. The Kier molecular flexibility index (Phi) is 9.00. The quantitative estimate of drug-likeness (QED) is 0.593. The number of rotatable bonds is 11. The van der Waals surface area contributed by atoms with E-state index in [0.717, 1.165) is 63.3 Å². The second kappa shape index (κ2) is 11.9. The number of piperazine rings is 1. The van der Waals surface area contributed by atoms with Crippen LogP contribution in [0, 0.1) is 0 Å². The number of aryl methyl sites for hydroxylation is 1. The highest BCUT2D eigenvalue weighted by atomic mass is 16.5. The Labute approximate surface area is 186 Å². The SMILES string of the molecule is COc1ccc(CN2CCN(CCCc3ccccc3)C(CCO)C2)c(OC)c1OC. The fourth-order valence-electron chi connectivity index (χ4n) is 4.48. The molecule has 0 spiro atoms. The molecule has 0 bridgehead atoms. The Bertz CT molecular complexity index is 800. The van der Waals surface area contributed by atoms with Crippen LogP contribution in [0.4, 0.5) is 0 Å². The van der Waals surface area contributed by atoms with Crippen molar-refractivity contribution in [1.29, 1.82) is 0 Å². The van der Waals surface area contributed by atoms with Gasteiger partial charge in [0.05, 0.1) is 21.3 Å². The van der Waals surface area contributed by atoms with Gasteiger partial charge in [0.1, 0.15) is 0 Å². The van der Waals surface area contributed by atoms with Gasteiger partial charge in [-0.2, -0.15) is 0 Å². The summed E-state index contributed by atoms with van der Waals surface area (Å²) in [6, 6.07) is 15.0. The molecule has 1 atom stereocenters. The molecule has 2 aromatic rings. The number of benzene rings is 2. The highest BCUT2D eigenvalue weighted by Crippen LogP contribution is 2.40. The summed E-state index contributed by atoms with van der Waals surface area (Å²) >= 11 is 0. The van der Waals surface area contributed by atoms with Crippen molar-refractivity contribution in [2.45, 2.75) is 31.8 Å². The van der Waals surface area contributed by atoms with Crippen molar-refractivity contribution in [3.05, 3.63) is 53.6 Å². The molecule has 0 amide bonds. The second-order valence-corrected chi connectivity index (χ2v) is 8.02. The fourth-order valence-corrected chi connectivity index (χ4v) is 4.48. The number of ether oxygens (including phenoxy) is 3. The number of hydrogen-bond donors (Lipinski definition) is 1. The zero-order valence-corrected chi connectivity index (χ0v) is 19.0.